The van der Waals surface area contributed by atoms with Crippen molar-refractivity contribution in [2.24, 2.45) is 23.7 Å². The predicted molar refractivity (Wildman–Crippen MR) is 71.6 cm³/mol. The molecule has 0 heterocycles. The maximum atomic E-state index is 9.79. The highest BCUT2D eigenvalue weighted by atomic mass is 35.5. The molecule has 3 aliphatic carbocycles. The highest BCUT2D eigenvalue weighted by molar-refractivity contribution is 6.30. The number of fused-ring (bicyclic) bond motifs is 5. The average molecular weight is 264 g/mol. The van der Waals surface area contributed by atoms with Crippen LogP contribution in [0.3, 0.4) is 0 Å². The number of aromatic hydroxyl groups is 1. The van der Waals surface area contributed by atoms with Crippen LogP contribution in [-0.4, -0.2) is 11.1 Å². The van der Waals surface area contributed by atoms with E-state index in [1.165, 1.54) is 19.3 Å². The molecule has 0 aliphatic heterocycles. The van der Waals surface area contributed by atoms with Crippen molar-refractivity contribution < 1.29 is 5.11 Å². The fourth-order valence-corrected chi connectivity index (χ4v) is 4.72. The third-order valence-corrected chi connectivity index (χ3v) is 5.54. The Morgan fingerprint density at radius 2 is 1.94 bits per heavy atom. The van der Waals surface area contributed by atoms with Gasteiger partial charge in [-0.05, 0) is 61.1 Å². The molecule has 3 aliphatic rings. The number of hydrogen-bond acceptors (Lipinski definition) is 2. The molecule has 18 heavy (non-hydrogen) atoms. The molecule has 0 spiro atoms. The van der Waals surface area contributed by atoms with E-state index in [-0.39, 0.29) is 0 Å². The second kappa shape index (κ2) is 3.88. The quantitative estimate of drug-likeness (QED) is 0.878. The number of benzene rings is 1. The lowest BCUT2D eigenvalue weighted by Gasteiger charge is -2.11. The first-order valence-electron chi connectivity index (χ1n) is 6.95. The van der Waals surface area contributed by atoms with Crippen molar-refractivity contribution in [2.75, 3.05) is 0 Å². The van der Waals surface area contributed by atoms with E-state index < -0.39 is 0 Å². The van der Waals surface area contributed by atoms with Gasteiger partial charge < -0.3 is 10.4 Å². The molecule has 0 aromatic heterocycles. The number of hydrogen-bond donors (Lipinski definition) is 2. The Morgan fingerprint density at radius 3 is 2.67 bits per heavy atom. The molecule has 2 N–H and O–H groups in total. The maximum Gasteiger partial charge on any atom is 0.120 e. The van der Waals surface area contributed by atoms with Gasteiger partial charge in [-0.15, -0.1) is 0 Å². The first-order valence-corrected chi connectivity index (χ1v) is 7.32. The van der Waals surface area contributed by atoms with Gasteiger partial charge in [0.2, 0.25) is 0 Å². The van der Waals surface area contributed by atoms with Crippen molar-refractivity contribution in [2.45, 2.75) is 31.8 Å². The largest absolute Gasteiger partial charge is 0.508 e. The molecule has 0 amide bonds. The number of rotatable bonds is 3. The van der Waals surface area contributed by atoms with E-state index in [4.69, 9.17) is 11.6 Å². The second-order valence-electron chi connectivity index (χ2n) is 6.17. The fraction of sp³-hybridized carbons (Fsp3) is 0.600. The van der Waals surface area contributed by atoms with Crippen LogP contribution in [0.5, 0.6) is 5.75 Å². The normalized spacial score (nSPS) is 39.9. The van der Waals surface area contributed by atoms with Crippen LogP contribution in [0.15, 0.2) is 18.2 Å². The minimum atomic E-state index is 0.348. The lowest BCUT2D eigenvalue weighted by molar-refractivity contribution is 0.445. The first-order chi connectivity index (χ1) is 8.74. The zero-order valence-corrected chi connectivity index (χ0v) is 11.0. The van der Waals surface area contributed by atoms with Crippen molar-refractivity contribution >= 4 is 11.6 Å². The minimum Gasteiger partial charge on any atom is -0.508 e. The summed E-state index contributed by atoms with van der Waals surface area (Å²) in [5, 5.41) is 14.1. The highest BCUT2D eigenvalue weighted by Crippen LogP contribution is 2.65. The van der Waals surface area contributed by atoms with Crippen molar-refractivity contribution in [1.82, 2.24) is 5.32 Å². The van der Waals surface area contributed by atoms with Crippen molar-refractivity contribution in [3.05, 3.63) is 28.8 Å². The predicted octanol–water partition coefficient (Wildman–Crippen LogP) is 3.18. The Bertz CT molecular complexity index is 473. The molecule has 1 aromatic rings. The van der Waals surface area contributed by atoms with Crippen LogP contribution in [0, 0.1) is 23.7 Å². The Hall–Kier alpha value is -0.730. The summed E-state index contributed by atoms with van der Waals surface area (Å²) in [6, 6.07) is 5.97. The number of phenolic OH excluding ortho intramolecular Hbond substituents is 1. The van der Waals surface area contributed by atoms with E-state index in [1.54, 1.807) is 12.1 Å². The Labute approximate surface area is 112 Å². The van der Waals surface area contributed by atoms with Gasteiger partial charge in [-0.3, -0.25) is 0 Å². The molecule has 3 fully saturated rings. The third kappa shape index (κ3) is 1.59. The number of phenols is 1. The minimum absolute atomic E-state index is 0.348. The van der Waals surface area contributed by atoms with Crippen LogP contribution >= 0.6 is 11.6 Å². The van der Waals surface area contributed by atoms with Gasteiger partial charge in [0.15, 0.2) is 0 Å². The van der Waals surface area contributed by atoms with E-state index >= 15 is 0 Å². The summed E-state index contributed by atoms with van der Waals surface area (Å²) in [5.74, 6) is 4.20. The summed E-state index contributed by atoms with van der Waals surface area (Å²) in [6.45, 7) is 0.740. The van der Waals surface area contributed by atoms with Gasteiger partial charge in [-0.25, -0.2) is 0 Å². The van der Waals surface area contributed by atoms with E-state index in [2.05, 4.69) is 5.32 Å². The van der Waals surface area contributed by atoms with Crippen LogP contribution in [0.1, 0.15) is 24.8 Å². The molecule has 3 heteroatoms. The molecule has 4 unspecified atom stereocenters. The monoisotopic (exact) mass is 263 g/mol. The van der Waals surface area contributed by atoms with Gasteiger partial charge in [-0.1, -0.05) is 11.6 Å². The number of halogens is 1. The summed E-state index contributed by atoms with van der Waals surface area (Å²) in [7, 11) is 0. The highest BCUT2D eigenvalue weighted by Gasteiger charge is 2.64. The Balaban J connectivity index is 1.41. The third-order valence-electron chi connectivity index (χ3n) is 5.31. The zero-order chi connectivity index (χ0) is 12.3. The summed E-state index contributed by atoms with van der Waals surface area (Å²) in [5.41, 5.74) is 0.917. The van der Waals surface area contributed by atoms with Gasteiger partial charge in [0.05, 0.1) is 0 Å². The molecule has 2 nitrogen and oxygen atoms in total. The van der Waals surface area contributed by atoms with E-state index in [0.29, 0.717) is 16.8 Å². The first kappa shape index (κ1) is 11.1. The molecule has 2 bridgehead atoms. The van der Waals surface area contributed by atoms with Gasteiger partial charge in [0, 0.05) is 23.2 Å². The fourth-order valence-electron chi connectivity index (χ4n) is 4.52. The summed E-state index contributed by atoms with van der Waals surface area (Å²) in [6.07, 6.45) is 4.38. The molecule has 0 saturated heterocycles. The van der Waals surface area contributed by atoms with Crippen LogP contribution in [-0.2, 0) is 6.54 Å². The average Bonchev–Trinajstić information content (AvgIpc) is 2.76. The van der Waals surface area contributed by atoms with E-state index in [0.717, 1.165) is 35.8 Å². The lowest BCUT2D eigenvalue weighted by Crippen LogP contribution is -2.22. The van der Waals surface area contributed by atoms with E-state index in [1.807, 2.05) is 6.07 Å². The molecule has 4 rings (SSSR count). The molecule has 96 valence electrons. The summed E-state index contributed by atoms with van der Waals surface area (Å²) < 4.78 is 0. The summed E-state index contributed by atoms with van der Waals surface area (Å²) in [4.78, 5) is 0. The summed E-state index contributed by atoms with van der Waals surface area (Å²) >= 11 is 5.96. The smallest absolute Gasteiger partial charge is 0.120 e. The molecule has 0 radical (unpaired) electrons. The molecule has 3 saturated carbocycles. The molecule has 1 aromatic carbocycles. The lowest BCUT2D eigenvalue weighted by atomic mass is 10.0. The van der Waals surface area contributed by atoms with E-state index in [9.17, 15) is 5.11 Å². The Kier molecular flexibility index (Phi) is 2.40. The molecular formula is C15H18ClNO. The van der Waals surface area contributed by atoms with Gasteiger partial charge >= 0.3 is 0 Å². The van der Waals surface area contributed by atoms with Crippen molar-refractivity contribution in [3.63, 3.8) is 0 Å². The van der Waals surface area contributed by atoms with Gasteiger partial charge in [0.1, 0.15) is 5.75 Å². The van der Waals surface area contributed by atoms with Crippen LogP contribution in [0.4, 0.5) is 0 Å². The van der Waals surface area contributed by atoms with Crippen LogP contribution in [0.25, 0.3) is 0 Å². The zero-order valence-electron chi connectivity index (χ0n) is 10.3. The van der Waals surface area contributed by atoms with Crippen molar-refractivity contribution in [3.8, 4) is 5.75 Å². The SMILES string of the molecule is Oc1ccc(Cl)cc1CNC1C2C3CCC(C3)C12. The van der Waals surface area contributed by atoms with Crippen LogP contribution in [0.2, 0.25) is 5.02 Å². The van der Waals surface area contributed by atoms with Gasteiger partial charge in [0.25, 0.3) is 0 Å². The topological polar surface area (TPSA) is 32.3 Å². The number of nitrogens with one attached hydrogen (secondary N) is 1. The second-order valence-corrected chi connectivity index (χ2v) is 6.60. The standard InChI is InChI=1S/C15H18ClNO/c16-11-3-4-12(18)10(6-11)7-17-15-13-8-1-2-9(5-8)14(13)15/h3-4,6,8-9,13-15,17-18H,1-2,5,7H2. The maximum absolute atomic E-state index is 9.79. The van der Waals surface area contributed by atoms with Crippen molar-refractivity contribution in [1.29, 1.82) is 0 Å². The van der Waals surface area contributed by atoms with Crippen LogP contribution < -0.4 is 5.32 Å². The van der Waals surface area contributed by atoms with Gasteiger partial charge in [-0.2, -0.15) is 0 Å². The molecular weight excluding hydrogens is 246 g/mol. The molecule has 4 atom stereocenters. The Morgan fingerprint density at radius 1 is 1.22 bits per heavy atom.